The molecule has 3 atom stereocenters. The number of carbonyl (C=O) groups excluding carboxylic acids is 3. The third-order valence-corrected chi connectivity index (χ3v) is 4.28. The molecule has 0 spiro atoms. The highest BCUT2D eigenvalue weighted by atomic mass is 19.1. The highest BCUT2D eigenvalue weighted by molar-refractivity contribution is 5.90. The SMILES string of the molecule is COC(=O)[C@@H]1C[C@@H](F)CN1C(=O)[C@H](Cc1ccccc1)NC(=O)OC(C)(C)C. The number of benzene rings is 1. The topological polar surface area (TPSA) is 84.9 Å². The monoisotopic (exact) mass is 394 g/mol. The smallest absolute Gasteiger partial charge is 0.408 e. The maximum atomic E-state index is 13.9. The minimum Gasteiger partial charge on any atom is -0.467 e. The second kappa shape index (κ2) is 9.03. The molecule has 28 heavy (non-hydrogen) atoms. The van der Waals surface area contributed by atoms with Crippen molar-refractivity contribution in [3.05, 3.63) is 35.9 Å². The molecule has 1 aromatic rings. The van der Waals surface area contributed by atoms with Crippen molar-refractivity contribution in [3.63, 3.8) is 0 Å². The first-order chi connectivity index (χ1) is 13.1. The highest BCUT2D eigenvalue weighted by Gasteiger charge is 2.43. The maximum Gasteiger partial charge on any atom is 0.408 e. The molecule has 1 heterocycles. The number of carbonyl (C=O) groups is 3. The Bertz CT molecular complexity index is 704. The van der Waals surface area contributed by atoms with E-state index in [0.717, 1.165) is 10.5 Å². The van der Waals surface area contributed by atoms with E-state index < -0.39 is 41.8 Å². The van der Waals surface area contributed by atoms with E-state index in [9.17, 15) is 18.8 Å². The molecule has 0 radical (unpaired) electrons. The number of rotatable bonds is 5. The van der Waals surface area contributed by atoms with Gasteiger partial charge in [-0.1, -0.05) is 30.3 Å². The summed E-state index contributed by atoms with van der Waals surface area (Å²) in [5, 5.41) is 2.56. The number of nitrogens with one attached hydrogen (secondary N) is 1. The Morgan fingerprint density at radius 1 is 1.25 bits per heavy atom. The number of alkyl halides is 1. The van der Waals surface area contributed by atoms with Crippen LogP contribution in [0.1, 0.15) is 32.8 Å². The molecule has 7 nitrogen and oxygen atoms in total. The van der Waals surface area contributed by atoms with Crippen molar-refractivity contribution in [1.82, 2.24) is 10.2 Å². The van der Waals surface area contributed by atoms with Crippen LogP contribution in [0.3, 0.4) is 0 Å². The van der Waals surface area contributed by atoms with Gasteiger partial charge in [0.1, 0.15) is 23.9 Å². The predicted octanol–water partition coefficient (Wildman–Crippen LogP) is 2.23. The van der Waals surface area contributed by atoms with Crippen LogP contribution in [0.25, 0.3) is 0 Å². The number of methoxy groups -OCH3 is 1. The van der Waals surface area contributed by atoms with Gasteiger partial charge in [-0.25, -0.2) is 14.0 Å². The molecule has 0 bridgehead atoms. The standard InChI is InChI=1S/C20H27FN2O5/c1-20(2,3)28-19(26)22-15(10-13-8-6-5-7-9-13)17(24)23-12-14(21)11-16(23)18(25)27-4/h5-9,14-16H,10-12H2,1-4H3,(H,22,26)/t14-,15+,16+/m1/s1. The molecule has 2 rings (SSSR count). The number of esters is 1. The molecule has 0 aromatic heterocycles. The van der Waals surface area contributed by atoms with Gasteiger partial charge in [0.15, 0.2) is 0 Å². The molecule has 2 amide bonds. The van der Waals surface area contributed by atoms with Gasteiger partial charge in [-0.15, -0.1) is 0 Å². The Labute approximate surface area is 164 Å². The molecule has 1 aliphatic heterocycles. The quantitative estimate of drug-likeness (QED) is 0.774. The van der Waals surface area contributed by atoms with E-state index in [2.05, 4.69) is 5.32 Å². The van der Waals surface area contributed by atoms with Gasteiger partial charge in [-0.2, -0.15) is 0 Å². The van der Waals surface area contributed by atoms with Crippen LogP contribution in [-0.2, 0) is 25.5 Å². The van der Waals surface area contributed by atoms with Crippen LogP contribution in [0.2, 0.25) is 0 Å². The van der Waals surface area contributed by atoms with E-state index in [1.54, 1.807) is 20.8 Å². The molecule has 1 fully saturated rings. The molecular formula is C20H27FN2O5. The van der Waals surface area contributed by atoms with Crippen molar-refractivity contribution >= 4 is 18.0 Å². The first kappa shape index (κ1) is 21.7. The molecule has 8 heteroatoms. The summed E-state index contributed by atoms with van der Waals surface area (Å²) < 4.78 is 23.9. The zero-order valence-electron chi connectivity index (χ0n) is 16.6. The first-order valence-corrected chi connectivity index (χ1v) is 9.16. The second-order valence-corrected chi connectivity index (χ2v) is 7.75. The van der Waals surface area contributed by atoms with Gasteiger partial charge in [-0.05, 0) is 26.3 Å². The van der Waals surface area contributed by atoms with Crippen LogP contribution in [0.4, 0.5) is 9.18 Å². The van der Waals surface area contributed by atoms with Gasteiger partial charge in [0.2, 0.25) is 5.91 Å². The molecule has 1 N–H and O–H groups in total. The number of hydrogen-bond donors (Lipinski definition) is 1. The van der Waals surface area contributed by atoms with Crippen molar-refractivity contribution in [2.75, 3.05) is 13.7 Å². The van der Waals surface area contributed by atoms with Gasteiger partial charge in [0.05, 0.1) is 13.7 Å². The predicted molar refractivity (Wildman–Crippen MR) is 100 cm³/mol. The van der Waals surface area contributed by atoms with Crippen molar-refractivity contribution in [1.29, 1.82) is 0 Å². The molecule has 0 unspecified atom stereocenters. The number of alkyl carbamates (subject to hydrolysis) is 1. The van der Waals surface area contributed by atoms with Crippen LogP contribution in [0.15, 0.2) is 30.3 Å². The molecule has 154 valence electrons. The normalized spacial score (nSPS) is 20.4. The molecule has 0 aliphatic carbocycles. The van der Waals surface area contributed by atoms with E-state index in [1.807, 2.05) is 30.3 Å². The number of hydrogen-bond acceptors (Lipinski definition) is 5. The minimum atomic E-state index is -1.33. The lowest BCUT2D eigenvalue weighted by atomic mass is 10.0. The van der Waals surface area contributed by atoms with Crippen LogP contribution in [-0.4, -0.2) is 60.4 Å². The van der Waals surface area contributed by atoms with E-state index >= 15 is 0 Å². The van der Waals surface area contributed by atoms with E-state index in [-0.39, 0.29) is 19.4 Å². The third kappa shape index (κ3) is 5.94. The fourth-order valence-corrected chi connectivity index (χ4v) is 3.09. The number of likely N-dealkylation sites (tertiary alicyclic amines) is 1. The van der Waals surface area contributed by atoms with Crippen molar-refractivity contribution in [3.8, 4) is 0 Å². The Hall–Kier alpha value is -2.64. The lowest BCUT2D eigenvalue weighted by Gasteiger charge is -2.28. The summed E-state index contributed by atoms with van der Waals surface area (Å²) in [4.78, 5) is 38.5. The fourth-order valence-electron chi connectivity index (χ4n) is 3.09. The number of ether oxygens (including phenoxy) is 2. The summed E-state index contributed by atoms with van der Waals surface area (Å²) in [5.74, 6) is -1.23. The van der Waals surface area contributed by atoms with Crippen molar-refractivity contribution in [2.45, 2.75) is 57.5 Å². The lowest BCUT2D eigenvalue weighted by Crippen LogP contribution is -2.53. The van der Waals surface area contributed by atoms with Crippen LogP contribution in [0, 0.1) is 0 Å². The van der Waals surface area contributed by atoms with Crippen LogP contribution >= 0.6 is 0 Å². The van der Waals surface area contributed by atoms with E-state index in [1.165, 1.54) is 7.11 Å². The molecule has 1 aromatic carbocycles. The Kier molecular flexibility index (Phi) is 6.99. The van der Waals surface area contributed by atoms with Gasteiger partial charge in [-0.3, -0.25) is 4.79 Å². The van der Waals surface area contributed by atoms with Gasteiger partial charge < -0.3 is 19.7 Å². The second-order valence-electron chi connectivity index (χ2n) is 7.75. The van der Waals surface area contributed by atoms with Crippen molar-refractivity contribution < 1.29 is 28.2 Å². The molecule has 1 saturated heterocycles. The number of nitrogens with zero attached hydrogens (tertiary/aromatic N) is 1. The van der Waals surface area contributed by atoms with Gasteiger partial charge in [0.25, 0.3) is 0 Å². The summed E-state index contributed by atoms with van der Waals surface area (Å²) in [7, 11) is 1.19. The zero-order valence-corrected chi connectivity index (χ0v) is 16.6. The summed E-state index contributed by atoms with van der Waals surface area (Å²) >= 11 is 0. The maximum absolute atomic E-state index is 13.9. The Balaban J connectivity index is 2.22. The summed E-state index contributed by atoms with van der Waals surface area (Å²) in [6.07, 6.45) is -2.03. The molecule has 1 aliphatic rings. The van der Waals surface area contributed by atoms with Gasteiger partial charge in [0, 0.05) is 12.8 Å². The minimum absolute atomic E-state index is 0.122. The lowest BCUT2D eigenvalue weighted by molar-refractivity contribution is -0.151. The highest BCUT2D eigenvalue weighted by Crippen LogP contribution is 2.23. The number of halogens is 1. The first-order valence-electron chi connectivity index (χ1n) is 9.16. The number of amides is 2. The third-order valence-electron chi connectivity index (χ3n) is 4.28. The summed E-state index contributed by atoms with van der Waals surface area (Å²) in [6.45, 7) is 4.91. The fraction of sp³-hybridized carbons (Fsp3) is 0.550. The summed E-state index contributed by atoms with van der Waals surface area (Å²) in [6, 6.07) is 7.08. The largest absolute Gasteiger partial charge is 0.467 e. The Morgan fingerprint density at radius 3 is 2.46 bits per heavy atom. The Morgan fingerprint density at radius 2 is 1.89 bits per heavy atom. The average molecular weight is 394 g/mol. The van der Waals surface area contributed by atoms with Crippen LogP contribution in [0.5, 0.6) is 0 Å². The van der Waals surface area contributed by atoms with Gasteiger partial charge >= 0.3 is 12.1 Å². The van der Waals surface area contributed by atoms with E-state index in [4.69, 9.17) is 9.47 Å². The van der Waals surface area contributed by atoms with Crippen molar-refractivity contribution in [2.24, 2.45) is 0 Å². The zero-order chi connectivity index (χ0) is 20.9. The summed E-state index contributed by atoms with van der Waals surface area (Å²) in [5.41, 5.74) is 0.0685. The molecular weight excluding hydrogens is 367 g/mol. The van der Waals surface area contributed by atoms with E-state index in [0.29, 0.717) is 0 Å². The van der Waals surface area contributed by atoms with Crippen LogP contribution < -0.4 is 5.32 Å². The average Bonchev–Trinajstić information content (AvgIpc) is 3.01. The molecule has 0 saturated carbocycles.